The number of hydrogen-bond donors (Lipinski definition) is 1. The minimum absolute atomic E-state index is 0.0184. The predicted molar refractivity (Wildman–Crippen MR) is 172 cm³/mol. The number of carbonyl (C=O) groups excluding carboxylic acids is 2. The highest BCUT2D eigenvalue weighted by molar-refractivity contribution is 7.86. The molecule has 0 aromatic heterocycles. The highest BCUT2D eigenvalue weighted by Crippen LogP contribution is 2.75. The number of aliphatic hydroxyl groups excluding tert-OH is 1. The van der Waals surface area contributed by atoms with Crippen molar-refractivity contribution in [1.82, 2.24) is 0 Å². The van der Waals surface area contributed by atoms with Gasteiger partial charge in [0.25, 0.3) is 20.2 Å². The largest absolute Gasteiger partial charge is 0.469 e. The van der Waals surface area contributed by atoms with Crippen LogP contribution < -0.4 is 0 Å². The fraction of sp³-hybridized carbons (Fsp3) is 0.824. The zero-order valence-electron chi connectivity index (χ0n) is 28.8. The van der Waals surface area contributed by atoms with Crippen molar-refractivity contribution < 1.29 is 44.6 Å². The molecule has 0 spiro atoms. The number of hydrogen-bond acceptors (Lipinski definition) is 10. The van der Waals surface area contributed by atoms with Gasteiger partial charge in [-0.3, -0.25) is 18.0 Å². The summed E-state index contributed by atoms with van der Waals surface area (Å²) in [7, 11) is -6.49. The molecule has 0 radical (unpaired) electrons. The summed E-state index contributed by atoms with van der Waals surface area (Å²) in [5, 5.41) is 11.0. The second-order valence-corrected chi connectivity index (χ2v) is 20.0. The number of ether oxygens (including phenoxy) is 1. The van der Waals surface area contributed by atoms with Gasteiger partial charge in [-0.1, -0.05) is 53.2 Å². The molecule has 0 aromatic rings. The minimum Gasteiger partial charge on any atom is -0.469 e. The van der Waals surface area contributed by atoms with Crippen LogP contribution in [-0.2, 0) is 42.9 Å². The first kappa shape index (κ1) is 35.7. The number of methoxy groups -OCH3 is 1. The Hall–Kier alpha value is -1.60. The van der Waals surface area contributed by atoms with Crippen LogP contribution in [0, 0.1) is 50.2 Å². The third kappa shape index (κ3) is 5.27. The predicted octanol–water partition coefficient (Wildman–Crippen LogP) is 4.58. The number of allylic oxidation sites excluding steroid dienone is 3. The van der Waals surface area contributed by atoms with E-state index in [1.807, 2.05) is 13.0 Å². The van der Waals surface area contributed by atoms with Gasteiger partial charge in [0.2, 0.25) is 0 Å². The molecule has 0 unspecified atom stereocenters. The zero-order chi connectivity index (χ0) is 34.5. The smallest absolute Gasteiger partial charge is 0.312 e. The van der Waals surface area contributed by atoms with Crippen LogP contribution in [0.1, 0.15) is 86.5 Å². The van der Waals surface area contributed by atoms with E-state index in [0.717, 1.165) is 30.9 Å². The molecule has 0 amide bonds. The Morgan fingerprint density at radius 1 is 0.957 bits per heavy atom. The normalized spacial score (nSPS) is 43.7. The van der Waals surface area contributed by atoms with Gasteiger partial charge in [-0.05, 0) is 84.7 Å². The number of ketones is 1. The Bertz CT molecular complexity index is 1590. The maximum absolute atomic E-state index is 14.7. The van der Waals surface area contributed by atoms with Crippen molar-refractivity contribution >= 4 is 32.0 Å². The second kappa shape index (κ2) is 11.0. The lowest BCUT2D eigenvalue weighted by Crippen LogP contribution is -2.66. The van der Waals surface area contributed by atoms with E-state index in [1.54, 1.807) is 13.0 Å². The van der Waals surface area contributed by atoms with Gasteiger partial charge >= 0.3 is 5.97 Å². The maximum Gasteiger partial charge on any atom is 0.312 e. The van der Waals surface area contributed by atoms with Crippen molar-refractivity contribution in [2.24, 2.45) is 50.2 Å². The van der Waals surface area contributed by atoms with Crippen LogP contribution in [0.5, 0.6) is 0 Å². The van der Waals surface area contributed by atoms with E-state index in [0.29, 0.717) is 37.7 Å². The Morgan fingerprint density at radius 2 is 1.59 bits per heavy atom. The molecule has 0 heterocycles. The fourth-order valence-electron chi connectivity index (χ4n) is 11.0. The molecule has 46 heavy (non-hydrogen) atoms. The number of aliphatic hydroxyl groups is 1. The van der Waals surface area contributed by atoms with Gasteiger partial charge < -0.3 is 9.84 Å². The highest BCUT2D eigenvalue weighted by Gasteiger charge is 2.71. The van der Waals surface area contributed by atoms with Gasteiger partial charge in [-0.15, -0.1) is 0 Å². The van der Waals surface area contributed by atoms with E-state index < -0.39 is 66.6 Å². The SMILES string of the molecule is COC(=O)[C@]12CCC(C)(C)C[C@H]1[C@H]1C(=O)C=C3[C@@]4(C)C=C(COS(C)(=O)=O)[C@H](OS(C)(=O)=O)[C@@](C)(CO)[C@@H]4CC[C@@]3(C)[C@]1(C)CC2. The molecule has 260 valence electrons. The molecule has 1 N–H and O–H groups in total. The van der Waals surface area contributed by atoms with Crippen LogP contribution in [0.2, 0.25) is 0 Å². The molecule has 10 nitrogen and oxygen atoms in total. The van der Waals surface area contributed by atoms with Crippen LogP contribution in [0.4, 0.5) is 0 Å². The molecule has 0 bridgehead atoms. The lowest BCUT2D eigenvalue weighted by molar-refractivity contribution is -0.192. The molecule has 0 aliphatic heterocycles. The summed E-state index contributed by atoms with van der Waals surface area (Å²) in [5.41, 5.74) is -2.54. The average Bonchev–Trinajstić information content (AvgIpc) is 2.93. The summed E-state index contributed by atoms with van der Waals surface area (Å²) in [6, 6.07) is 0. The summed E-state index contributed by atoms with van der Waals surface area (Å²) in [4.78, 5) is 28.2. The molecular formula is C34H52O10S2. The Kier molecular flexibility index (Phi) is 8.50. The summed E-state index contributed by atoms with van der Waals surface area (Å²) in [6.07, 6.45) is 9.20. The molecule has 0 saturated heterocycles. The number of fused-ring (bicyclic) bond motifs is 7. The second-order valence-electron chi connectivity index (χ2n) is 16.7. The molecule has 3 fully saturated rings. The van der Waals surface area contributed by atoms with Crippen molar-refractivity contribution in [3.63, 3.8) is 0 Å². The van der Waals surface area contributed by atoms with E-state index >= 15 is 0 Å². The summed E-state index contributed by atoms with van der Waals surface area (Å²) >= 11 is 0. The quantitative estimate of drug-likeness (QED) is 0.229. The standard InChI is InChI=1S/C34H52O10S2/c1-29(2)12-14-34(28(37)42-7)15-13-33(6)26(22(34)18-29)23(36)16-25-30(3)17-21(19-43-45(8,38)39)27(44-46(9,40)41)31(4,20-35)24(30)10-11-32(25,33)5/h16-17,22,24,26-27,35H,10-15,18-20H2,1-9H3/t22-,24+,26-,27-,30-,31-,32+,33+,34-/m0/s1. The third-order valence-electron chi connectivity index (χ3n) is 13.5. The first-order valence-corrected chi connectivity index (χ1v) is 20.0. The van der Waals surface area contributed by atoms with Gasteiger partial charge in [0.1, 0.15) is 6.10 Å². The van der Waals surface area contributed by atoms with Crippen LogP contribution in [-0.4, -0.2) is 72.6 Å². The molecule has 0 aromatic carbocycles. The van der Waals surface area contributed by atoms with E-state index in [9.17, 15) is 31.5 Å². The molecule has 12 heteroatoms. The van der Waals surface area contributed by atoms with E-state index in [4.69, 9.17) is 13.1 Å². The minimum atomic E-state index is -4.02. The van der Waals surface area contributed by atoms with E-state index in [-0.39, 0.29) is 34.9 Å². The lowest BCUT2D eigenvalue weighted by Gasteiger charge is -2.69. The Morgan fingerprint density at radius 3 is 2.15 bits per heavy atom. The summed E-state index contributed by atoms with van der Waals surface area (Å²) in [5.74, 6) is -1.14. The van der Waals surface area contributed by atoms with Gasteiger partial charge in [0.05, 0.1) is 38.3 Å². The molecule has 3 saturated carbocycles. The number of esters is 1. The van der Waals surface area contributed by atoms with E-state index in [1.165, 1.54) is 7.11 Å². The molecule has 5 aliphatic rings. The van der Waals surface area contributed by atoms with Crippen LogP contribution in [0.15, 0.2) is 23.3 Å². The summed E-state index contributed by atoms with van der Waals surface area (Å²) in [6.45, 7) is 11.7. The molecule has 9 atom stereocenters. The first-order chi connectivity index (χ1) is 20.9. The third-order valence-corrected chi connectivity index (χ3v) is 14.5. The van der Waals surface area contributed by atoms with Crippen molar-refractivity contribution in [2.75, 3.05) is 32.8 Å². The van der Waals surface area contributed by atoms with Crippen molar-refractivity contribution in [3.05, 3.63) is 23.3 Å². The topological polar surface area (TPSA) is 150 Å². The number of carbonyl (C=O) groups is 2. The highest BCUT2D eigenvalue weighted by atomic mass is 32.2. The number of rotatable bonds is 7. The van der Waals surface area contributed by atoms with Crippen LogP contribution >= 0.6 is 0 Å². The van der Waals surface area contributed by atoms with Crippen LogP contribution in [0.25, 0.3) is 0 Å². The molecular weight excluding hydrogens is 632 g/mol. The van der Waals surface area contributed by atoms with Gasteiger partial charge in [-0.2, -0.15) is 16.8 Å². The van der Waals surface area contributed by atoms with Crippen molar-refractivity contribution in [2.45, 2.75) is 92.6 Å². The average molecular weight is 685 g/mol. The zero-order valence-corrected chi connectivity index (χ0v) is 30.4. The molecule has 5 rings (SSSR count). The molecule has 5 aliphatic carbocycles. The van der Waals surface area contributed by atoms with Crippen LogP contribution in [0.3, 0.4) is 0 Å². The van der Waals surface area contributed by atoms with Gasteiger partial charge in [0.15, 0.2) is 5.78 Å². The Balaban J connectivity index is 1.71. The monoisotopic (exact) mass is 684 g/mol. The first-order valence-electron chi connectivity index (χ1n) is 16.3. The van der Waals surface area contributed by atoms with Gasteiger partial charge in [-0.25, -0.2) is 0 Å². The fourth-order valence-corrected chi connectivity index (χ4v) is 12.1. The summed E-state index contributed by atoms with van der Waals surface area (Å²) < 4.78 is 65.4. The van der Waals surface area contributed by atoms with Crippen molar-refractivity contribution in [1.29, 1.82) is 0 Å². The Labute approximate surface area is 275 Å². The lowest BCUT2D eigenvalue weighted by atomic mass is 9.34. The maximum atomic E-state index is 14.7. The van der Waals surface area contributed by atoms with Crippen molar-refractivity contribution in [3.8, 4) is 0 Å². The van der Waals surface area contributed by atoms with Gasteiger partial charge in [0, 0.05) is 16.7 Å². The van der Waals surface area contributed by atoms with E-state index in [2.05, 4.69) is 27.7 Å².